The number of hydrazine groups is 1. The van der Waals surface area contributed by atoms with Crippen molar-refractivity contribution in [3.63, 3.8) is 0 Å². The standard InChI is InChI=1S/C24H29N5O4S/c1-4-29-23(31)20-7-5-6-8-21(20)25-24(29)27-26-22(30)18-9-11-19(12-10-18)34(32,33)28-14-16(2)13-17(3)15-28/h5-12,16-17H,4,13-15H2,1-3H3,(H,25,27)(H,26,30)/t16-,17+. The Morgan fingerprint density at radius 1 is 1.06 bits per heavy atom. The Balaban J connectivity index is 1.49. The van der Waals surface area contributed by atoms with Crippen LogP contribution in [0.5, 0.6) is 0 Å². The summed E-state index contributed by atoms with van der Waals surface area (Å²) in [6, 6.07) is 12.8. The second-order valence-electron chi connectivity index (χ2n) is 8.87. The lowest BCUT2D eigenvalue weighted by Crippen LogP contribution is -2.42. The fraction of sp³-hybridized carbons (Fsp3) is 0.375. The van der Waals surface area contributed by atoms with Gasteiger partial charge in [0.2, 0.25) is 16.0 Å². The summed E-state index contributed by atoms with van der Waals surface area (Å²) >= 11 is 0. The van der Waals surface area contributed by atoms with E-state index in [9.17, 15) is 18.0 Å². The van der Waals surface area contributed by atoms with Crippen molar-refractivity contribution >= 4 is 32.8 Å². The van der Waals surface area contributed by atoms with Gasteiger partial charge in [0.15, 0.2) is 0 Å². The summed E-state index contributed by atoms with van der Waals surface area (Å²) in [6.07, 6.45) is 1.01. The summed E-state index contributed by atoms with van der Waals surface area (Å²) in [4.78, 5) is 30.0. The van der Waals surface area contributed by atoms with E-state index in [2.05, 4.69) is 29.7 Å². The molecule has 10 heteroatoms. The first kappa shape index (κ1) is 23.9. The highest BCUT2D eigenvalue weighted by Gasteiger charge is 2.31. The number of aromatic nitrogens is 2. The van der Waals surface area contributed by atoms with Crippen LogP contribution < -0.4 is 16.4 Å². The van der Waals surface area contributed by atoms with Gasteiger partial charge in [-0.2, -0.15) is 4.31 Å². The fourth-order valence-electron chi connectivity index (χ4n) is 4.47. The van der Waals surface area contributed by atoms with Crippen LogP contribution in [0, 0.1) is 11.8 Å². The molecular formula is C24H29N5O4S. The molecule has 4 rings (SSSR count). The molecule has 180 valence electrons. The Hall–Kier alpha value is -3.24. The van der Waals surface area contributed by atoms with Crippen LogP contribution in [0.1, 0.15) is 37.6 Å². The topological polar surface area (TPSA) is 113 Å². The van der Waals surface area contributed by atoms with E-state index in [0.29, 0.717) is 42.4 Å². The number of hydrogen-bond acceptors (Lipinski definition) is 6. The minimum Gasteiger partial charge on any atom is -0.277 e. The molecule has 2 N–H and O–H groups in total. The number of piperidine rings is 1. The number of benzene rings is 2. The summed E-state index contributed by atoms with van der Waals surface area (Å²) in [6.45, 7) is 7.29. The number of carbonyl (C=O) groups is 1. The van der Waals surface area contributed by atoms with Gasteiger partial charge in [0, 0.05) is 25.2 Å². The molecular weight excluding hydrogens is 454 g/mol. The van der Waals surface area contributed by atoms with E-state index in [1.165, 1.54) is 33.1 Å². The van der Waals surface area contributed by atoms with E-state index in [-0.39, 0.29) is 22.0 Å². The molecule has 3 aromatic rings. The van der Waals surface area contributed by atoms with Crippen LogP contribution in [-0.2, 0) is 16.6 Å². The van der Waals surface area contributed by atoms with Gasteiger partial charge in [0.25, 0.3) is 11.5 Å². The van der Waals surface area contributed by atoms with Crippen LogP contribution in [0.3, 0.4) is 0 Å². The minimum absolute atomic E-state index is 0.161. The van der Waals surface area contributed by atoms with Crippen LogP contribution in [0.15, 0.2) is 58.2 Å². The van der Waals surface area contributed by atoms with Crippen molar-refractivity contribution in [3.05, 3.63) is 64.4 Å². The van der Waals surface area contributed by atoms with E-state index in [1.54, 1.807) is 24.3 Å². The zero-order valence-electron chi connectivity index (χ0n) is 19.5. The van der Waals surface area contributed by atoms with Gasteiger partial charge in [-0.3, -0.25) is 25.0 Å². The summed E-state index contributed by atoms with van der Waals surface area (Å²) in [5, 5.41) is 0.496. The summed E-state index contributed by atoms with van der Waals surface area (Å²) in [5.41, 5.74) is 5.86. The highest BCUT2D eigenvalue weighted by molar-refractivity contribution is 7.89. The largest absolute Gasteiger partial charge is 0.277 e. The number of fused-ring (bicyclic) bond motifs is 1. The van der Waals surface area contributed by atoms with Crippen molar-refractivity contribution in [2.45, 2.75) is 38.6 Å². The van der Waals surface area contributed by atoms with Crippen LogP contribution in [0.4, 0.5) is 5.95 Å². The molecule has 2 aromatic carbocycles. The molecule has 1 amide bonds. The van der Waals surface area contributed by atoms with Gasteiger partial charge in [0.1, 0.15) is 0 Å². The molecule has 1 saturated heterocycles. The summed E-state index contributed by atoms with van der Waals surface area (Å²) in [5.74, 6) is 0.346. The number of para-hydroxylation sites is 1. The van der Waals surface area contributed by atoms with Crippen molar-refractivity contribution in [2.24, 2.45) is 11.8 Å². The maximum atomic E-state index is 13.1. The molecule has 0 unspecified atom stereocenters. The zero-order valence-corrected chi connectivity index (χ0v) is 20.3. The highest BCUT2D eigenvalue weighted by Crippen LogP contribution is 2.26. The lowest BCUT2D eigenvalue weighted by molar-refractivity contribution is 0.0962. The predicted molar refractivity (Wildman–Crippen MR) is 131 cm³/mol. The first-order valence-corrected chi connectivity index (χ1v) is 12.8. The molecule has 0 saturated carbocycles. The Morgan fingerprint density at radius 3 is 2.35 bits per heavy atom. The number of nitrogens with zero attached hydrogens (tertiary/aromatic N) is 3. The summed E-state index contributed by atoms with van der Waals surface area (Å²) < 4.78 is 29.1. The molecule has 2 atom stereocenters. The van der Waals surface area contributed by atoms with Gasteiger partial charge in [0.05, 0.1) is 15.8 Å². The second kappa shape index (κ2) is 9.55. The fourth-order valence-corrected chi connectivity index (χ4v) is 6.15. The number of nitrogens with one attached hydrogen (secondary N) is 2. The molecule has 1 aromatic heterocycles. The second-order valence-corrected chi connectivity index (χ2v) is 10.8. The van der Waals surface area contributed by atoms with Crippen molar-refractivity contribution in [2.75, 3.05) is 18.5 Å². The third-order valence-electron chi connectivity index (χ3n) is 6.06. The quantitative estimate of drug-likeness (QED) is 0.521. The van der Waals surface area contributed by atoms with Gasteiger partial charge in [-0.1, -0.05) is 26.0 Å². The average Bonchev–Trinajstić information content (AvgIpc) is 2.82. The smallest absolute Gasteiger partial charge is 0.269 e. The molecule has 1 fully saturated rings. The van der Waals surface area contributed by atoms with E-state index in [4.69, 9.17) is 0 Å². The Bertz CT molecular complexity index is 1360. The molecule has 1 aliphatic rings. The average molecular weight is 484 g/mol. The number of sulfonamides is 1. The molecule has 9 nitrogen and oxygen atoms in total. The van der Waals surface area contributed by atoms with Crippen LogP contribution in [-0.4, -0.2) is 41.3 Å². The van der Waals surface area contributed by atoms with Crippen molar-refractivity contribution < 1.29 is 13.2 Å². The van der Waals surface area contributed by atoms with E-state index in [1.807, 2.05) is 6.92 Å². The van der Waals surface area contributed by atoms with Crippen LogP contribution in [0.2, 0.25) is 0 Å². The maximum absolute atomic E-state index is 13.1. The van der Waals surface area contributed by atoms with Gasteiger partial charge in [-0.25, -0.2) is 13.4 Å². The first-order valence-electron chi connectivity index (χ1n) is 11.4. The van der Waals surface area contributed by atoms with Crippen LogP contribution >= 0.6 is 0 Å². The number of rotatable bonds is 6. The van der Waals surface area contributed by atoms with Gasteiger partial charge in [-0.05, 0) is 61.6 Å². The highest BCUT2D eigenvalue weighted by atomic mass is 32.2. The molecule has 1 aliphatic heterocycles. The first-order chi connectivity index (χ1) is 16.2. The molecule has 0 bridgehead atoms. The van der Waals surface area contributed by atoms with Gasteiger partial charge in [-0.15, -0.1) is 0 Å². The van der Waals surface area contributed by atoms with Gasteiger partial charge >= 0.3 is 0 Å². The van der Waals surface area contributed by atoms with Crippen molar-refractivity contribution in [1.29, 1.82) is 0 Å². The van der Waals surface area contributed by atoms with Crippen LogP contribution in [0.25, 0.3) is 10.9 Å². The molecule has 34 heavy (non-hydrogen) atoms. The van der Waals surface area contributed by atoms with E-state index < -0.39 is 15.9 Å². The lowest BCUT2D eigenvalue weighted by atomic mass is 9.94. The number of hydrogen-bond donors (Lipinski definition) is 2. The minimum atomic E-state index is -3.62. The molecule has 0 aliphatic carbocycles. The monoisotopic (exact) mass is 483 g/mol. The van der Waals surface area contributed by atoms with E-state index in [0.717, 1.165) is 6.42 Å². The van der Waals surface area contributed by atoms with Crippen molar-refractivity contribution in [1.82, 2.24) is 19.3 Å². The number of carbonyl (C=O) groups excluding carboxylic acids is 1. The zero-order chi connectivity index (χ0) is 24.5. The third kappa shape index (κ3) is 4.69. The molecule has 0 spiro atoms. The lowest BCUT2D eigenvalue weighted by Gasteiger charge is -2.34. The Kier molecular flexibility index (Phi) is 6.72. The van der Waals surface area contributed by atoms with Gasteiger partial charge < -0.3 is 0 Å². The van der Waals surface area contributed by atoms with Crippen molar-refractivity contribution in [3.8, 4) is 0 Å². The third-order valence-corrected chi connectivity index (χ3v) is 7.90. The normalized spacial score (nSPS) is 19.1. The molecule has 0 radical (unpaired) electrons. The Morgan fingerprint density at radius 2 is 1.71 bits per heavy atom. The SMILES string of the molecule is CCn1c(NNC(=O)c2ccc(S(=O)(=O)N3C[C@H](C)C[C@H](C)C3)cc2)nc2ccccc2c1=O. The summed E-state index contributed by atoms with van der Waals surface area (Å²) in [7, 11) is -3.62. The van der Waals surface area contributed by atoms with E-state index >= 15 is 0 Å². The maximum Gasteiger partial charge on any atom is 0.269 e. The Labute approximate surface area is 198 Å². The number of amides is 1. The predicted octanol–water partition coefficient (Wildman–Crippen LogP) is 2.84. The molecule has 2 heterocycles. The number of anilines is 1.